The van der Waals surface area contributed by atoms with Gasteiger partial charge in [0.15, 0.2) is 0 Å². The van der Waals surface area contributed by atoms with Crippen molar-refractivity contribution in [2.45, 2.75) is 46.1 Å². The van der Waals surface area contributed by atoms with E-state index in [1.165, 1.54) is 6.42 Å². The Morgan fingerprint density at radius 3 is 2.67 bits per heavy atom. The van der Waals surface area contributed by atoms with Crippen LogP contribution in [0, 0.1) is 25.7 Å². The third-order valence-corrected chi connectivity index (χ3v) is 4.87. The van der Waals surface area contributed by atoms with Crippen molar-refractivity contribution in [3.05, 3.63) is 11.6 Å². The fourth-order valence-corrected chi connectivity index (χ4v) is 3.71. The summed E-state index contributed by atoms with van der Waals surface area (Å²) in [4.78, 5) is 19.1. The maximum atomic E-state index is 12.7. The van der Waals surface area contributed by atoms with Gasteiger partial charge >= 0.3 is 0 Å². The number of carbonyl (C=O) groups excluding carboxylic acids is 1. The van der Waals surface area contributed by atoms with Crippen molar-refractivity contribution in [2.24, 2.45) is 11.8 Å². The molecule has 1 aromatic heterocycles. The van der Waals surface area contributed by atoms with E-state index in [0.717, 1.165) is 63.6 Å². The van der Waals surface area contributed by atoms with Gasteiger partial charge in [-0.25, -0.2) is 9.67 Å². The molecule has 8 heteroatoms. The van der Waals surface area contributed by atoms with Crippen molar-refractivity contribution in [3.8, 4) is 0 Å². The number of halogens is 2. The van der Waals surface area contributed by atoms with Gasteiger partial charge in [-0.3, -0.25) is 4.79 Å². The van der Waals surface area contributed by atoms with Crippen molar-refractivity contribution in [2.75, 3.05) is 26.2 Å². The normalized spacial score (nSPS) is 24.0. The first-order valence-electron chi connectivity index (χ1n) is 8.51. The summed E-state index contributed by atoms with van der Waals surface area (Å²) in [5, 5.41) is 7.80. The number of aryl methyl sites for hydroxylation is 2. The Morgan fingerprint density at radius 2 is 2.04 bits per heavy atom. The summed E-state index contributed by atoms with van der Waals surface area (Å²) >= 11 is 0. The molecule has 138 valence electrons. The molecule has 0 aliphatic carbocycles. The first-order chi connectivity index (χ1) is 10.6. The third-order valence-electron chi connectivity index (χ3n) is 4.87. The number of likely N-dealkylation sites (tertiary alicyclic amines) is 1. The van der Waals surface area contributed by atoms with Crippen molar-refractivity contribution in [1.82, 2.24) is 25.0 Å². The van der Waals surface area contributed by atoms with Crippen LogP contribution < -0.4 is 5.32 Å². The molecule has 0 bridgehead atoms. The predicted octanol–water partition coefficient (Wildman–Crippen LogP) is 1.98. The number of aromatic nitrogens is 3. The van der Waals surface area contributed by atoms with Crippen molar-refractivity contribution < 1.29 is 4.79 Å². The summed E-state index contributed by atoms with van der Waals surface area (Å²) in [6.07, 6.45) is 4.42. The van der Waals surface area contributed by atoms with Crippen LogP contribution in [0.2, 0.25) is 0 Å². The average Bonchev–Trinajstić information content (AvgIpc) is 2.85. The Balaban J connectivity index is 0.00000144. The van der Waals surface area contributed by atoms with Gasteiger partial charge in [-0.2, -0.15) is 5.10 Å². The summed E-state index contributed by atoms with van der Waals surface area (Å²) in [6.45, 7) is 8.49. The van der Waals surface area contributed by atoms with E-state index in [0.29, 0.717) is 11.8 Å². The Labute approximate surface area is 156 Å². The van der Waals surface area contributed by atoms with Crippen molar-refractivity contribution in [1.29, 1.82) is 0 Å². The molecule has 0 spiro atoms. The molecular formula is C16H29Cl2N5O. The van der Waals surface area contributed by atoms with E-state index in [-0.39, 0.29) is 30.7 Å². The zero-order chi connectivity index (χ0) is 15.5. The minimum absolute atomic E-state index is 0. The fraction of sp³-hybridized carbons (Fsp3) is 0.812. The zero-order valence-electron chi connectivity index (χ0n) is 14.5. The topological polar surface area (TPSA) is 63.1 Å². The van der Waals surface area contributed by atoms with E-state index >= 15 is 0 Å². The van der Waals surface area contributed by atoms with Gasteiger partial charge < -0.3 is 10.2 Å². The predicted molar refractivity (Wildman–Crippen MR) is 98.9 cm³/mol. The fourth-order valence-electron chi connectivity index (χ4n) is 3.71. The van der Waals surface area contributed by atoms with Crippen LogP contribution in [0.4, 0.5) is 0 Å². The van der Waals surface area contributed by atoms with Crippen molar-refractivity contribution in [3.63, 3.8) is 0 Å². The second kappa shape index (κ2) is 9.59. The molecule has 1 aromatic rings. The largest absolute Gasteiger partial charge is 0.342 e. The lowest BCUT2D eigenvalue weighted by Gasteiger charge is -2.36. The number of rotatable bonds is 3. The average molecular weight is 378 g/mol. The molecule has 0 aromatic carbocycles. The highest BCUT2D eigenvalue weighted by Crippen LogP contribution is 2.22. The lowest BCUT2D eigenvalue weighted by molar-refractivity contribution is -0.138. The lowest BCUT2D eigenvalue weighted by atomic mass is 9.93. The summed E-state index contributed by atoms with van der Waals surface area (Å²) in [5.74, 6) is 2.83. The number of nitrogens with one attached hydrogen (secondary N) is 1. The molecule has 2 saturated heterocycles. The van der Waals surface area contributed by atoms with Crippen LogP contribution in [0.3, 0.4) is 0 Å². The van der Waals surface area contributed by atoms with Gasteiger partial charge in [-0.1, -0.05) is 0 Å². The molecule has 2 fully saturated rings. The van der Waals surface area contributed by atoms with Gasteiger partial charge in [-0.05, 0) is 52.0 Å². The molecule has 3 heterocycles. The summed E-state index contributed by atoms with van der Waals surface area (Å²) in [6, 6.07) is 0. The number of carbonyl (C=O) groups is 1. The SMILES string of the molecule is Cc1nc(C)n(CC2CCCN(C(=O)C3CCCNC3)C2)n1.Cl.Cl. The summed E-state index contributed by atoms with van der Waals surface area (Å²) in [7, 11) is 0. The van der Waals surface area contributed by atoms with E-state index in [9.17, 15) is 4.79 Å². The van der Waals surface area contributed by atoms with Crippen LogP contribution >= 0.6 is 24.8 Å². The molecule has 1 amide bonds. The standard InChI is InChI=1S/C16H27N5O.2ClH/c1-12-18-13(2)21(19-12)11-14-5-4-8-20(10-14)16(22)15-6-3-7-17-9-15;;/h14-15,17H,3-11H2,1-2H3;2*1H. The highest BCUT2D eigenvalue weighted by Gasteiger charge is 2.30. The smallest absolute Gasteiger partial charge is 0.226 e. The second-order valence-corrected chi connectivity index (χ2v) is 6.72. The van der Waals surface area contributed by atoms with Gasteiger partial charge in [0.25, 0.3) is 0 Å². The van der Waals surface area contributed by atoms with Gasteiger partial charge in [-0.15, -0.1) is 24.8 Å². The monoisotopic (exact) mass is 377 g/mol. The molecular weight excluding hydrogens is 349 g/mol. The molecule has 2 aliphatic heterocycles. The minimum atomic E-state index is 0. The van der Waals surface area contributed by atoms with Gasteiger partial charge in [0.05, 0.1) is 5.92 Å². The van der Waals surface area contributed by atoms with Crippen LogP contribution in [0.25, 0.3) is 0 Å². The Hall–Kier alpha value is -0.850. The molecule has 6 nitrogen and oxygen atoms in total. The zero-order valence-corrected chi connectivity index (χ0v) is 16.2. The van der Waals surface area contributed by atoms with E-state index in [1.54, 1.807) is 0 Å². The highest BCUT2D eigenvalue weighted by atomic mass is 35.5. The highest BCUT2D eigenvalue weighted by molar-refractivity contribution is 5.85. The molecule has 2 atom stereocenters. The molecule has 2 aliphatic rings. The van der Waals surface area contributed by atoms with E-state index < -0.39 is 0 Å². The van der Waals surface area contributed by atoms with Gasteiger partial charge in [0.2, 0.25) is 5.91 Å². The second-order valence-electron chi connectivity index (χ2n) is 6.72. The quantitative estimate of drug-likeness (QED) is 0.874. The Morgan fingerprint density at radius 1 is 1.25 bits per heavy atom. The Bertz CT molecular complexity index is 531. The van der Waals surface area contributed by atoms with E-state index in [1.807, 2.05) is 18.5 Å². The summed E-state index contributed by atoms with van der Waals surface area (Å²) in [5.41, 5.74) is 0. The number of amides is 1. The number of hydrogen-bond acceptors (Lipinski definition) is 4. The molecule has 0 radical (unpaired) electrons. The first-order valence-corrected chi connectivity index (χ1v) is 8.51. The third kappa shape index (κ3) is 5.07. The van der Waals surface area contributed by atoms with Crippen LogP contribution in [0.15, 0.2) is 0 Å². The van der Waals surface area contributed by atoms with Gasteiger partial charge in [0.1, 0.15) is 11.6 Å². The number of nitrogens with zero attached hydrogens (tertiary/aromatic N) is 4. The van der Waals surface area contributed by atoms with Crippen LogP contribution in [0.5, 0.6) is 0 Å². The maximum absolute atomic E-state index is 12.7. The molecule has 2 unspecified atom stereocenters. The van der Waals surface area contributed by atoms with E-state index in [4.69, 9.17) is 0 Å². The van der Waals surface area contributed by atoms with Crippen molar-refractivity contribution >= 4 is 30.7 Å². The van der Waals surface area contributed by atoms with Crippen LogP contribution in [-0.2, 0) is 11.3 Å². The number of hydrogen-bond donors (Lipinski definition) is 1. The molecule has 3 rings (SSSR count). The van der Waals surface area contributed by atoms with Crippen LogP contribution in [-0.4, -0.2) is 51.8 Å². The van der Waals surface area contributed by atoms with Crippen LogP contribution in [0.1, 0.15) is 37.3 Å². The lowest BCUT2D eigenvalue weighted by Crippen LogP contribution is -2.47. The number of piperidine rings is 2. The summed E-state index contributed by atoms with van der Waals surface area (Å²) < 4.78 is 2.00. The molecule has 0 saturated carbocycles. The maximum Gasteiger partial charge on any atom is 0.226 e. The first kappa shape index (κ1) is 21.2. The molecule has 1 N–H and O–H groups in total. The van der Waals surface area contributed by atoms with Gasteiger partial charge in [0, 0.05) is 26.2 Å². The molecule has 24 heavy (non-hydrogen) atoms. The Kier molecular flexibility index (Phi) is 8.46. The minimum Gasteiger partial charge on any atom is -0.342 e. The van der Waals surface area contributed by atoms with E-state index in [2.05, 4.69) is 20.3 Å².